The predicted octanol–water partition coefficient (Wildman–Crippen LogP) is 2.00. The second-order valence-corrected chi connectivity index (χ2v) is 2.82. The molecule has 0 fully saturated rings. The van der Waals surface area contributed by atoms with E-state index in [1.54, 1.807) is 12.1 Å². The number of fused-ring (bicyclic) bond motifs is 1. The van der Waals surface area contributed by atoms with Crippen LogP contribution in [0.5, 0.6) is 0 Å². The van der Waals surface area contributed by atoms with Crippen molar-refractivity contribution in [1.29, 1.82) is 0 Å². The number of azo groups is 1. The van der Waals surface area contributed by atoms with E-state index in [0.29, 0.717) is 5.69 Å². The first kappa shape index (κ1) is 8.83. The van der Waals surface area contributed by atoms with Crippen LogP contribution in [-0.4, -0.2) is 11.8 Å². The van der Waals surface area contributed by atoms with Gasteiger partial charge in [0.15, 0.2) is 0 Å². The van der Waals surface area contributed by atoms with Gasteiger partial charge in [-0.3, -0.25) is 14.4 Å². The van der Waals surface area contributed by atoms with E-state index in [2.05, 4.69) is 15.1 Å². The third kappa shape index (κ3) is 1.18. The molecular weight excluding hydrogens is 206 g/mol. The molecule has 0 aromatic heterocycles. The summed E-state index contributed by atoms with van der Waals surface area (Å²) in [6, 6.07) is 4.69. The van der Waals surface area contributed by atoms with Gasteiger partial charge in [0.2, 0.25) is 0 Å². The second kappa shape index (κ2) is 3.19. The fourth-order valence-electron chi connectivity index (χ4n) is 1.23. The first-order chi connectivity index (χ1) is 6.74. The highest BCUT2D eigenvalue weighted by atomic mass is 35.5. The number of hydrogen-bond acceptors (Lipinski definition) is 3. The molecule has 0 spiro atoms. The topological polar surface area (TPSA) is 70.9 Å². The lowest BCUT2D eigenvalue weighted by Crippen LogP contribution is -2.12. The van der Waals surface area contributed by atoms with Gasteiger partial charge in [-0.1, -0.05) is 6.07 Å². The number of hydrogen-bond donors (Lipinski definition) is 1. The summed E-state index contributed by atoms with van der Waals surface area (Å²) in [6.45, 7) is 0. The van der Waals surface area contributed by atoms with Gasteiger partial charge in [-0.2, -0.15) is 0 Å². The fraction of sp³-hybridized carbons (Fsp3) is 0. The van der Waals surface area contributed by atoms with E-state index in [-0.39, 0.29) is 11.1 Å². The number of benzene rings is 1. The van der Waals surface area contributed by atoms with Crippen molar-refractivity contribution in [2.24, 2.45) is 10.2 Å². The minimum Gasteiger partial charge on any atom is -0.298 e. The summed E-state index contributed by atoms with van der Waals surface area (Å²) in [5, 5.41) is 6.39. The molecule has 0 saturated carbocycles. The molecule has 2 rings (SSSR count). The van der Waals surface area contributed by atoms with Gasteiger partial charge in [-0.25, -0.2) is 0 Å². The molecule has 5 nitrogen and oxygen atoms in total. The SMILES string of the molecule is O=C1N=NC(=O)c2c(NCl)cccc21. The average molecular weight is 210 g/mol. The Hall–Kier alpha value is -1.75. The minimum absolute atomic E-state index is 0.169. The van der Waals surface area contributed by atoms with Crippen LogP contribution in [0.15, 0.2) is 28.4 Å². The van der Waals surface area contributed by atoms with Crippen LogP contribution in [0.25, 0.3) is 0 Å². The molecule has 1 N–H and O–H groups in total. The smallest absolute Gasteiger partial charge is 0.298 e. The van der Waals surface area contributed by atoms with Crippen molar-refractivity contribution in [3.63, 3.8) is 0 Å². The summed E-state index contributed by atoms with van der Waals surface area (Å²) in [7, 11) is 0. The van der Waals surface area contributed by atoms with Crippen LogP contribution in [0, 0.1) is 0 Å². The number of carbonyl (C=O) groups excluding carboxylic acids is 2. The van der Waals surface area contributed by atoms with Gasteiger partial charge < -0.3 is 0 Å². The van der Waals surface area contributed by atoms with E-state index < -0.39 is 11.8 Å². The Morgan fingerprint density at radius 1 is 1.14 bits per heavy atom. The molecule has 0 bridgehead atoms. The lowest BCUT2D eigenvalue weighted by molar-refractivity contribution is 0.0921. The summed E-state index contributed by atoms with van der Waals surface area (Å²) in [5.41, 5.74) is 0.749. The molecule has 1 aliphatic heterocycles. The molecule has 14 heavy (non-hydrogen) atoms. The number of nitrogens with zero attached hydrogens (tertiary/aromatic N) is 2. The Bertz CT molecular complexity index is 456. The third-order valence-corrected chi connectivity index (χ3v) is 2.05. The molecule has 0 unspecified atom stereocenters. The zero-order chi connectivity index (χ0) is 10.1. The minimum atomic E-state index is -0.566. The van der Waals surface area contributed by atoms with Crippen LogP contribution in [0.1, 0.15) is 20.7 Å². The fourth-order valence-corrected chi connectivity index (χ4v) is 1.39. The van der Waals surface area contributed by atoms with Gasteiger partial charge in [0.25, 0.3) is 11.8 Å². The number of rotatable bonds is 1. The van der Waals surface area contributed by atoms with Gasteiger partial charge in [0.05, 0.1) is 16.8 Å². The molecule has 0 radical (unpaired) electrons. The molecule has 1 aliphatic rings. The van der Waals surface area contributed by atoms with Gasteiger partial charge in [0, 0.05) is 11.8 Å². The number of nitrogens with one attached hydrogen (secondary N) is 1. The summed E-state index contributed by atoms with van der Waals surface area (Å²) in [6.07, 6.45) is 0. The van der Waals surface area contributed by atoms with Crippen molar-refractivity contribution in [3.8, 4) is 0 Å². The number of carbonyl (C=O) groups is 2. The first-order valence-electron chi connectivity index (χ1n) is 3.74. The van der Waals surface area contributed by atoms with Crippen molar-refractivity contribution in [3.05, 3.63) is 29.3 Å². The van der Waals surface area contributed by atoms with Crippen LogP contribution in [0.2, 0.25) is 0 Å². The van der Waals surface area contributed by atoms with Crippen molar-refractivity contribution < 1.29 is 9.59 Å². The monoisotopic (exact) mass is 209 g/mol. The van der Waals surface area contributed by atoms with E-state index in [0.717, 1.165) is 0 Å². The van der Waals surface area contributed by atoms with E-state index in [1.807, 2.05) is 0 Å². The molecule has 70 valence electrons. The lowest BCUT2D eigenvalue weighted by atomic mass is 10.0. The number of anilines is 1. The van der Waals surface area contributed by atoms with Crippen molar-refractivity contribution >= 4 is 29.3 Å². The van der Waals surface area contributed by atoms with E-state index in [9.17, 15) is 9.59 Å². The van der Waals surface area contributed by atoms with Gasteiger partial charge in [0.1, 0.15) is 0 Å². The maximum atomic E-state index is 11.3. The van der Waals surface area contributed by atoms with Crippen molar-refractivity contribution in [2.75, 3.05) is 4.84 Å². The Balaban J connectivity index is 2.71. The molecule has 1 aromatic carbocycles. The van der Waals surface area contributed by atoms with Crippen LogP contribution < -0.4 is 4.84 Å². The van der Waals surface area contributed by atoms with Crippen LogP contribution >= 0.6 is 11.8 Å². The highest BCUT2D eigenvalue weighted by Crippen LogP contribution is 2.25. The van der Waals surface area contributed by atoms with Gasteiger partial charge in [-0.15, -0.1) is 10.2 Å². The average Bonchev–Trinajstić information content (AvgIpc) is 2.23. The molecule has 0 atom stereocenters. The molecule has 0 saturated heterocycles. The van der Waals surface area contributed by atoms with Crippen LogP contribution in [0.4, 0.5) is 5.69 Å². The van der Waals surface area contributed by atoms with Crippen molar-refractivity contribution in [1.82, 2.24) is 0 Å². The van der Waals surface area contributed by atoms with Crippen LogP contribution in [0.3, 0.4) is 0 Å². The Morgan fingerprint density at radius 2 is 1.86 bits per heavy atom. The number of halogens is 1. The largest absolute Gasteiger partial charge is 0.298 e. The third-order valence-electron chi connectivity index (χ3n) is 1.84. The second-order valence-electron chi connectivity index (χ2n) is 2.63. The normalized spacial score (nSPS) is 14.1. The van der Waals surface area contributed by atoms with Crippen molar-refractivity contribution in [2.45, 2.75) is 0 Å². The lowest BCUT2D eigenvalue weighted by Gasteiger charge is -2.09. The molecule has 2 amide bonds. The van der Waals surface area contributed by atoms with E-state index in [4.69, 9.17) is 11.8 Å². The van der Waals surface area contributed by atoms with Crippen LogP contribution in [-0.2, 0) is 0 Å². The number of amides is 2. The zero-order valence-electron chi connectivity index (χ0n) is 6.82. The highest BCUT2D eigenvalue weighted by molar-refractivity contribution is 6.26. The predicted molar refractivity (Wildman–Crippen MR) is 49.4 cm³/mol. The summed E-state index contributed by atoms with van der Waals surface area (Å²) >= 11 is 5.39. The summed E-state index contributed by atoms with van der Waals surface area (Å²) in [5.74, 6) is -1.10. The summed E-state index contributed by atoms with van der Waals surface area (Å²) < 4.78 is 0. The van der Waals surface area contributed by atoms with Gasteiger partial charge in [-0.05, 0) is 12.1 Å². The molecule has 6 heteroatoms. The van der Waals surface area contributed by atoms with Gasteiger partial charge >= 0.3 is 0 Å². The quantitative estimate of drug-likeness (QED) is 0.719. The Kier molecular flexibility index (Phi) is 2.01. The maximum Gasteiger partial charge on any atom is 0.298 e. The zero-order valence-corrected chi connectivity index (χ0v) is 7.58. The van der Waals surface area contributed by atoms with E-state index >= 15 is 0 Å². The Labute approximate surface area is 83.9 Å². The molecule has 1 aromatic rings. The maximum absolute atomic E-state index is 11.3. The molecule has 0 aliphatic carbocycles. The highest BCUT2D eigenvalue weighted by Gasteiger charge is 2.24. The summed E-state index contributed by atoms with van der Waals surface area (Å²) in [4.78, 5) is 24.8. The molecular formula is C8H4ClN3O2. The standard InChI is InChI=1S/C8H4ClN3O2/c9-10-5-3-1-2-4-6(5)8(14)12-11-7(4)13/h1-3,10H. The first-order valence-corrected chi connectivity index (χ1v) is 4.12. The Morgan fingerprint density at radius 3 is 2.57 bits per heavy atom. The molecule has 1 heterocycles. The van der Waals surface area contributed by atoms with E-state index in [1.165, 1.54) is 6.07 Å².